The van der Waals surface area contributed by atoms with Crippen molar-refractivity contribution in [3.05, 3.63) is 0 Å². The van der Waals surface area contributed by atoms with E-state index in [0.717, 1.165) is 39.0 Å². The van der Waals surface area contributed by atoms with Crippen molar-refractivity contribution >= 4 is 5.91 Å². The number of rotatable bonds is 2. The first-order valence-electron chi connectivity index (χ1n) is 6.97. The number of amides is 1. The van der Waals surface area contributed by atoms with Crippen LogP contribution in [0.25, 0.3) is 0 Å². The number of piperidine rings is 1. The van der Waals surface area contributed by atoms with Crippen molar-refractivity contribution in [1.82, 2.24) is 10.6 Å². The number of fused-ring (bicyclic) bond motifs is 1. The van der Waals surface area contributed by atoms with Gasteiger partial charge >= 0.3 is 0 Å². The molecule has 3 aliphatic rings. The molecule has 3 atom stereocenters. The number of hydrogen-bond donors (Lipinski definition) is 2. The fourth-order valence-corrected chi connectivity index (χ4v) is 3.17. The standard InChI is InChI=1S/C13H22N2O2/c16-13(9-3-1-4-9)15-11-8-14-7-10-5-2-6-17-12(10)11/h9-12,14H,1-8H2,(H,15,16)/t10-,11+,12-/m0/s1. The van der Waals surface area contributed by atoms with Crippen LogP contribution in [-0.4, -0.2) is 37.7 Å². The molecule has 0 aromatic rings. The van der Waals surface area contributed by atoms with Gasteiger partial charge in [-0.2, -0.15) is 0 Å². The van der Waals surface area contributed by atoms with Crippen LogP contribution in [0.1, 0.15) is 32.1 Å². The molecule has 2 N–H and O–H groups in total. The Kier molecular flexibility index (Phi) is 3.34. The molecule has 0 radical (unpaired) electrons. The van der Waals surface area contributed by atoms with Gasteiger partial charge in [0, 0.05) is 25.6 Å². The Labute approximate surface area is 102 Å². The van der Waals surface area contributed by atoms with Crippen LogP contribution in [0.3, 0.4) is 0 Å². The Morgan fingerprint density at radius 1 is 1.18 bits per heavy atom. The van der Waals surface area contributed by atoms with Crippen molar-refractivity contribution in [2.45, 2.75) is 44.2 Å². The Balaban J connectivity index is 1.58. The molecule has 0 bridgehead atoms. The van der Waals surface area contributed by atoms with Crippen molar-refractivity contribution in [1.29, 1.82) is 0 Å². The normalized spacial score (nSPS) is 38.0. The van der Waals surface area contributed by atoms with Crippen LogP contribution in [0.2, 0.25) is 0 Å². The largest absolute Gasteiger partial charge is 0.376 e. The summed E-state index contributed by atoms with van der Waals surface area (Å²) >= 11 is 0. The van der Waals surface area contributed by atoms with Crippen LogP contribution in [0, 0.1) is 11.8 Å². The summed E-state index contributed by atoms with van der Waals surface area (Å²) in [6.45, 7) is 2.76. The summed E-state index contributed by atoms with van der Waals surface area (Å²) in [7, 11) is 0. The maximum absolute atomic E-state index is 12.0. The molecule has 1 amide bonds. The third kappa shape index (κ3) is 2.33. The molecule has 1 saturated carbocycles. The van der Waals surface area contributed by atoms with E-state index in [4.69, 9.17) is 4.74 Å². The van der Waals surface area contributed by atoms with E-state index >= 15 is 0 Å². The Bertz CT molecular complexity index is 289. The van der Waals surface area contributed by atoms with Gasteiger partial charge in [-0.1, -0.05) is 6.42 Å². The molecule has 1 aliphatic carbocycles. The third-order valence-corrected chi connectivity index (χ3v) is 4.47. The quantitative estimate of drug-likeness (QED) is 0.743. The van der Waals surface area contributed by atoms with E-state index in [2.05, 4.69) is 10.6 Å². The highest BCUT2D eigenvalue weighted by Crippen LogP contribution is 2.28. The molecule has 17 heavy (non-hydrogen) atoms. The highest BCUT2D eigenvalue weighted by molar-refractivity contribution is 5.79. The van der Waals surface area contributed by atoms with Gasteiger partial charge in [-0.3, -0.25) is 4.79 Å². The molecular weight excluding hydrogens is 216 g/mol. The van der Waals surface area contributed by atoms with E-state index in [9.17, 15) is 4.79 Å². The first-order valence-corrected chi connectivity index (χ1v) is 6.97. The number of hydrogen-bond acceptors (Lipinski definition) is 3. The van der Waals surface area contributed by atoms with E-state index in [-0.39, 0.29) is 24.0 Å². The second-order valence-electron chi connectivity index (χ2n) is 5.64. The smallest absolute Gasteiger partial charge is 0.223 e. The number of carbonyl (C=O) groups is 1. The monoisotopic (exact) mass is 238 g/mol. The zero-order valence-electron chi connectivity index (χ0n) is 10.3. The summed E-state index contributed by atoms with van der Waals surface area (Å²) < 4.78 is 5.87. The van der Waals surface area contributed by atoms with Crippen LogP contribution < -0.4 is 10.6 Å². The lowest BCUT2D eigenvalue weighted by atomic mass is 9.83. The van der Waals surface area contributed by atoms with Crippen LogP contribution >= 0.6 is 0 Å². The molecule has 0 unspecified atom stereocenters. The third-order valence-electron chi connectivity index (χ3n) is 4.47. The molecule has 2 heterocycles. The van der Waals surface area contributed by atoms with Crippen LogP contribution in [0.15, 0.2) is 0 Å². The summed E-state index contributed by atoms with van der Waals surface area (Å²) in [6.07, 6.45) is 5.99. The Morgan fingerprint density at radius 2 is 2.06 bits per heavy atom. The minimum absolute atomic E-state index is 0.183. The minimum atomic E-state index is 0.183. The van der Waals surface area contributed by atoms with Gasteiger partial charge in [-0.25, -0.2) is 0 Å². The van der Waals surface area contributed by atoms with Crippen LogP contribution in [0.5, 0.6) is 0 Å². The molecule has 0 aromatic heterocycles. The fourth-order valence-electron chi connectivity index (χ4n) is 3.17. The van der Waals surface area contributed by atoms with Gasteiger partial charge in [0.2, 0.25) is 5.91 Å². The molecule has 4 heteroatoms. The molecule has 2 saturated heterocycles. The van der Waals surface area contributed by atoms with E-state index in [1.54, 1.807) is 0 Å². The van der Waals surface area contributed by atoms with E-state index in [0.29, 0.717) is 5.92 Å². The fraction of sp³-hybridized carbons (Fsp3) is 0.923. The SMILES string of the molecule is O=C(N[C@@H]1CNC[C@@H]2CCCO[C@@H]21)C1CCC1. The van der Waals surface area contributed by atoms with Gasteiger partial charge in [-0.15, -0.1) is 0 Å². The average molecular weight is 238 g/mol. The number of carbonyl (C=O) groups excluding carboxylic acids is 1. The van der Waals surface area contributed by atoms with E-state index in [1.165, 1.54) is 12.8 Å². The summed E-state index contributed by atoms with van der Waals surface area (Å²) in [4.78, 5) is 12.0. The number of nitrogens with one attached hydrogen (secondary N) is 2. The summed E-state index contributed by atoms with van der Waals surface area (Å²) in [5, 5.41) is 6.61. The van der Waals surface area contributed by atoms with Gasteiger partial charge in [-0.05, 0) is 31.6 Å². The summed E-state index contributed by atoms with van der Waals surface area (Å²) in [6, 6.07) is 0.183. The van der Waals surface area contributed by atoms with Crippen molar-refractivity contribution in [2.75, 3.05) is 19.7 Å². The molecule has 0 spiro atoms. The highest BCUT2D eigenvalue weighted by atomic mass is 16.5. The predicted molar refractivity (Wildman–Crippen MR) is 64.6 cm³/mol. The maximum Gasteiger partial charge on any atom is 0.223 e. The minimum Gasteiger partial charge on any atom is -0.376 e. The van der Waals surface area contributed by atoms with E-state index < -0.39 is 0 Å². The lowest BCUT2D eigenvalue weighted by molar-refractivity contribution is -0.131. The topological polar surface area (TPSA) is 50.4 Å². The zero-order valence-corrected chi connectivity index (χ0v) is 10.3. The molecule has 3 rings (SSSR count). The summed E-state index contributed by atoms with van der Waals surface area (Å²) in [5.74, 6) is 1.11. The zero-order chi connectivity index (χ0) is 11.7. The highest BCUT2D eigenvalue weighted by Gasteiger charge is 2.38. The number of ether oxygens (including phenoxy) is 1. The molecule has 4 nitrogen and oxygen atoms in total. The lowest BCUT2D eigenvalue weighted by Crippen LogP contribution is -2.60. The van der Waals surface area contributed by atoms with Crippen molar-refractivity contribution < 1.29 is 9.53 Å². The molecule has 3 fully saturated rings. The van der Waals surface area contributed by atoms with Gasteiger partial charge in [0.15, 0.2) is 0 Å². The Morgan fingerprint density at radius 3 is 2.82 bits per heavy atom. The van der Waals surface area contributed by atoms with Gasteiger partial charge in [0.05, 0.1) is 12.1 Å². The lowest BCUT2D eigenvalue weighted by Gasteiger charge is -2.42. The first-order chi connectivity index (χ1) is 8.34. The second kappa shape index (κ2) is 4.94. The van der Waals surface area contributed by atoms with Crippen molar-refractivity contribution in [3.8, 4) is 0 Å². The predicted octanol–water partition coefficient (Wildman–Crippen LogP) is 0.670. The molecular formula is C13H22N2O2. The summed E-state index contributed by atoms with van der Waals surface area (Å²) in [5.41, 5.74) is 0. The maximum atomic E-state index is 12.0. The van der Waals surface area contributed by atoms with Gasteiger partial charge in [0.1, 0.15) is 0 Å². The molecule has 0 aromatic carbocycles. The van der Waals surface area contributed by atoms with Crippen LogP contribution in [-0.2, 0) is 9.53 Å². The Hall–Kier alpha value is -0.610. The average Bonchev–Trinajstić information content (AvgIpc) is 2.27. The first kappa shape index (κ1) is 11.5. The van der Waals surface area contributed by atoms with Gasteiger partial charge in [0.25, 0.3) is 0 Å². The van der Waals surface area contributed by atoms with Crippen LogP contribution in [0.4, 0.5) is 0 Å². The van der Waals surface area contributed by atoms with Crippen molar-refractivity contribution in [2.24, 2.45) is 11.8 Å². The van der Waals surface area contributed by atoms with Gasteiger partial charge < -0.3 is 15.4 Å². The second-order valence-corrected chi connectivity index (χ2v) is 5.64. The van der Waals surface area contributed by atoms with Crippen molar-refractivity contribution in [3.63, 3.8) is 0 Å². The van der Waals surface area contributed by atoms with E-state index in [1.807, 2.05) is 0 Å². The molecule has 2 aliphatic heterocycles. The molecule has 96 valence electrons.